The monoisotopic (exact) mass is 431 g/mol. The summed E-state index contributed by atoms with van der Waals surface area (Å²) in [5, 5.41) is 3.82. The summed E-state index contributed by atoms with van der Waals surface area (Å²) in [6, 6.07) is 20.3. The highest BCUT2D eigenvalue weighted by molar-refractivity contribution is 5.69. The fourth-order valence-corrected chi connectivity index (χ4v) is 5.07. The minimum absolute atomic E-state index is 0.229. The van der Waals surface area contributed by atoms with Crippen LogP contribution >= 0.6 is 0 Å². The van der Waals surface area contributed by atoms with E-state index in [0.717, 1.165) is 35.5 Å². The highest BCUT2D eigenvalue weighted by Gasteiger charge is 2.43. The van der Waals surface area contributed by atoms with E-state index in [9.17, 15) is 4.79 Å². The highest BCUT2D eigenvalue weighted by atomic mass is 16.6. The van der Waals surface area contributed by atoms with Crippen LogP contribution in [0.4, 0.5) is 10.5 Å². The average Bonchev–Trinajstić information content (AvgIpc) is 3.34. The van der Waals surface area contributed by atoms with Crippen molar-refractivity contribution in [2.75, 3.05) is 25.5 Å². The van der Waals surface area contributed by atoms with Crippen molar-refractivity contribution < 1.29 is 14.3 Å². The number of hydrogen-bond acceptors (Lipinski definition) is 4. The van der Waals surface area contributed by atoms with E-state index in [4.69, 9.17) is 9.47 Å². The zero-order chi connectivity index (χ0) is 22.1. The molecule has 3 aromatic rings. The molecule has 0 radical (unpaired) electrons. The Morgan fingerprint density at radius 2 is 1.88 bits per heavy atom. The highest BCUT2D eigenvalue weighted by Crippen LogP contribution is 2.45. The molecule has 1 N–H and O–H groups in total. The number of fused-ring (bicyclic) bond motifs is 3. The molecule has 1 atom stereocenters. The number of rotatable bonds is 4. The molecule has 3 heterocycles. The van der Waals surface area contributed by atoms with Gasteiger partial charge in [0.25, 0.3) is 0 Å². The first-order chi connectivity index (χ1) is 15.6. The van der Waals surface area contributed by atoms with Crippen molar-refractivity contribution in [2.45, 2.75) is 31.9 Å². The van der Waals surface area contributed by atoms with E-state index in [-0.39, 0.29) is 11.6 Å². The maximum Gasteiger partial charge on any atom is 0.410 e. The second-order valence-corrected chi connectivity index (χ2v) is 8.78. The van der Waals surface area contributed by atoms with Gasteiger partial charge in [-0.25, -0.2) is 4.79 Å². The number of hydrogen-bond donors (Lipinski definition) is 1. The van der Waals surface area contributed by atoms with Gasteiger partial charge in [-0.2, -0.15) is 0 Å². The van der Waals surface area contributed by atoms with Gasteiger partial charge in [0, 0.05) is 31.0 Å². The first-order valence-electron chi connectivity index (χ1n) is 11.2. The number of aromatic nitrogens is 1. The molecule has 6 heteroatoms. The van der Waals surface area contributed by atoms with Crippen LogP contribution in [0.25, 0.3) is 5.69 Å². The molecular formula is C26H29N3O3. The number of nitrogens with zero attached hydrogens (tertiary/aromatic N) is 2. The number of carbonyl (C=O) groups is 1. The maximum atomic E-state index is 12.6. The smallest absolute Gasteiger partial charge is 0.410 e. The third-order valence-electron chi connectivity index (χ3n) is 6.91. The van der Waals surface area contributed by atoms with Gasteiger partial charge < -0.3 is 24.3 Å². The van der Waals surface area contributed by atoms with Crippen LogP contribution in [0.2, 0.25) is 0 Å². The minimum atomic E-state index is -0.233. The fourth-order valence-electron chi connectivity index (χ4n) is 5.07. The average molecular weight is 432 g/mol. The van der Waals surface area contributed by atoms with Crippen LogP contribution in [0.5, 0.6) is 5.75 Å². The molecule has 0 bridgehead atoms. The number of ether oxygens (including phenoxy) is 2. The Morgan fingerprint density at radius 3 is 2.62 bits per heavy atom. The summed E-state index contributed by atoms with van der Waals surface area (Å²) in [5.74, 6) is 1.22. The number of anilines is 1. The number of piperidine rings is 1. The van der Waals surface area contributed by atoms with Crippen LogP contribution in [0, 0.1) is 5.92 Å². The summed E-state index contributed by atoms with van der Waals surface area (Å²) in [4.78, 5) is 14.4. The zero-order valence-corrected chi connectivity index (χ0v) is 18.6. The molecule has 1 saturated heterocycles. The summed E-state index contributed by atoms with van der Waals surface area (Å²) in [6.45, 7) is 3.97. The van der Waals surface area contributed by atoms with Crippen molar-refractivity contribution in [2.24, 2.45) is 5.92 Å². The number of carbonyl (C=O) groups excluding carboxylic acids is 1. The lowest BCUT2D eigenvalue weighted by molar-refractivity contribution is 0.0743. The number of amides is 1. The van der Waals surface area contributed by atoms with Crippen LogP contribution < -0.4 is 10.1 Å². The fraction of sp³-hybridized carbons (Fsp3) is 0.346. The largest absolute Gasteiger partial charge is 0.497 e. The number of methoxy groups -OCH3 is 1. The first-order valence-corrected chi connectivity index (χ1v) is 11.2. The van der Waals surface area contributed by atoms with Gasteiger partial charge in [0.05, 0.1) is 24.0 Å². The molecule has 1 amide bonds. The van der Waals surface area contributed by atoms with E-state index in [1.165, 1.54) is 5.69 Å². The van der Waals surface area contributed by atoms with E-state index in [1.54, 1.807) is 7.11 Å². The molecule has 6 nitrogen and oxygen atoms in total. The van der Waals surface area contributed by atoms with Crippen molar-refractivity contribution in [3.63, 3.8) is 0 Å². The summed E-state index contributed by atoms with van der Waals surface area (Å²) >= 11 is 0. The van der Waals surface area contributed by atoms with Gasteiger partial charge in [0.15, 0.2) is 0 Å². The lowest BCUT2D eigenvalue weighted by Gasteiger charge is -2.46. The standard InChI is InChI=1S/C26H29N3O3/c1-26(24-9-6-14-29(24)23-11-10-21(31-2)17-22(23)27-26)20-12-15-28(16-13-20)25(30)32-18-19-7-4-3-5-8-19/h3-11,14,17,20,27H,12-13,15-16,18H2,1-2H3. The predicted octanol–water partition coefficient (Wildman–Crippen LogP) is 5.18. The topological polar surface area (TPSA) is 55.7 Å². The van der Waals surface area contributed by atoms with Crippen LogP contribution in [0.1, 0.15) is 31.0 Å². The molecule has 32 heavy (non-hydrogen) atoms. The van der Waals surface area contributed by atoms with Crippen LogP contribution in [0.15, 0.2) is 66.9 Å². The second kappa shape index (κ2) is 8.26. The molecule has 1 fully saturated rings. The van der Waals surface area contributed by atoms with E-state index >= 15 is 0 Å². The van der Waals surface area contributed by atoms with Gasteiger partial charge >= 0.3 is 6.09 Å². The Morgan fingerprint density at radius 1 is 1.09 bits per heavy atom. The third kappa shape index (κ3) is 3.60. The summed E-state index contributed by atoms with van der Waals surface area (Å²) in [6.07, 6.45) is 3.71. The van der Waals surface area contributed by atoms with Crippen molar-refractivity contribution in [3.05, 3.63) is 78.1 Å². The van der Waals surface area contributed by atoms with Gasteiger partial charge in [-0.1, -0.05) is 30.3 Å². The second-order valence-electron chi connectivity index (χ2n) is 8.78. The molecule has 1 unspecified atom stereocenters. The normalized spacial score (nSPS) is 20.1. The molecule has 2 aliphatic rings. The molecule has 1 aromatic heterocycles. The first kappa shape index (κ1) is 20.5. The lowest BCUT2D eigenvalue weighted by Crippen LogP contribution is -2.49. The Hall–Kier alpha value is -3.41. The van der Waals surface area contributed by atoms with Crippen molar-refractivity contribution in [1.82, 2.24) is 9.47 Å². The van der Waals surface area contributed by atoms with Crippen LogP contribution in [0.3, 0.4) is 0 Å². The van der Waals surface area contributed by atoms with Gasteiger partial charge in [0.1, 0.15) is 12.4 Å². The lowest BCUT2D eigenvalue weighted by atomic mass is 9.75. The minimum Gasteiger partial charge on any atom is -0.497 e. The van der Waals surface area contributed by atoms with Gasteiger partial charge in [-0.15, -0.1) is 0 Å². The molecule has 0 saturated carbocycles. The number of nitrogens with one attached hydrogen (secondary N) is 1. The SMILES string of the molecule is COc1ccc2c(c1)NC(C)(C1CCN(C(=O)OCc3ccccc3)CC1)c1cccn1-2. The summed E-state index contributed by atoms with van der Waals surface area (Å²) in [5.41, 5.74) is 4.22. The molecule has 2 aliphatic heterocycles. The molecule has 5 rings (SSSR count). The number of likely N-dealkylation sites (tertiary alicyclic amines) is 1. The molecule has 0 spiro atoms. The van der Waals surface area contributed by atoms with E-state index in [0.29, 0.717) is 25.6 Å². The Kier molecular flexibility index (Phi) is 5.29. The van der Waals surface area contributed by atoms with Crippen LogP contribution in [-0.4, -0.2) is 35.8 Å². The zero-order valence-electron chi connectivity index (χ0n) is 18.6. The van der Waals surface area contributed by atoms with Crippen molar-refractivity contribution in [3.8, 4) is 11.4 Å². The molecule has 2 aromatic carbocycles. The molecule has 0 aliphatic carbocycles. The summed E-state index contributed by atoms with van der Waals surface area (Å²) < 4.78 is 13.3. The van der Waals surface area contributed by atoms with Crippen molar-refractivity contribution >= 4 is 11.8 Å². The Labute approximate surface area is 188 Å². The predicted molar refractivity (Wildman–Crippen MR) is 124 cm³/mol. The maximum absolute atomic E-state index is 12.6. The van der Waals surface area contributed by atoms with Crippen LogP contribution in [-0.2, 0) is 16.9 Å². The van der Waals surface area contributed by atoms with Gasteiger partial charge in [0.2, 0.25) is 0 Å². The Bertz CT molecular complexity index is 1100. The third-order valence-corrected chi connectivity index (χ3v) is 6.91. The van der Waals surface area contributed by atoms with Crippen molar-refractivity contribution in [1.29, 1.82) is 0 Å². The van der Waals surface area contributed by atoms with Gasteiger partial charge in [-0.3, -0.25) is 0 Å². The molecular weight excluding hydrogens is 402 g/mol. The summed E-state index contributed by atoms with van der Waals surface area (Å²) in [7, 11) is 1.69. The van der Waals surface area contributed by atoms with E-state index < -0.39 is 0 Å². The van der Waals surface area contributed by atoms with Gasteiger partial charge in [-0.05, 0) is 55.5 Å². The Balaban J connectivity index is 1.28. The quantitative estimate of drug-likeness (QED) is 0.619. The van der Waals surface area contributed by atoms with E-state index in [1.807, 2.05) is 41.3 Å². The number of benzene rings is 2. The molecule has 166 valence electrons. The van der Waals surface area contributed by atoms with E-state index in [2.05, 4.69) is 47.3 Å².